The van der Waals surface area contributed by atoms with E-state index in [1.807, 2.05) is 4.90 Å². The predicted octanol–water partition coefficient (Wildman–Crippen LogP) is 0.0859. The van der Waals surface area contributed by atoms with Crippen LogP contribution in [0.25, 0.3) is 0 Å². The summed E-state index contributed by atoms with van der Waals surface area (Å²) in [4.78, 5) is 17.0. The number of rotatable bonds is 0. The molecule has 0 aliphatic carbocycles. The number of fused-ring (bicyclic) bond motifs is 1. The van der Waals surface area contributed by atoms with Crippen LogP contribution in [-0.4, -0.2) is 29.4 Å². The van der Waals surface area contributed by atoms with Crippen LogP contribution in [0.15, 0.2) is 4.99 Å². The molecule has 1 amide bonds. The minimum absolute atomic E-state index is 0.0347. The van der Waals surface area contributed by atoms with Gasteiger partial charge < -0.3 is 10.6 Å². The molecule has 0 spiro atoms. The summed E-state index contributed by atoms with van der Waals surface area (Å²) >= 11 is 0. The van der Waals surface area contributed by atoms with Crippen LogP contribution in [0.5, 0.6) is 0 Å². The Labute approximate surface area is 71.4 Å². The third-order valence-corrected chi connectivity index (χ3v) is 2.56. The normalized spacial score (nSPS) is 29.7. The van der Waals surface area contributed by atoms with Crippen molar-refractivity contribution >= 4 is 11.9 Å². The molecule has 0 radical (unpaired) electrons. The fraction of sp³-hybridized carbons (Fsp3) is 0.750. The molecule has 0 aromatic carbocycles. The minimum Gasteiger partial charge on any atom is -0.369 e. The van der Waals surface area contributed by atoms with E-state index < -0.39 is 0 Å². The topological polar surface area (TPSA) is 58.7 Å². The van der Waals surface area contributed by atoms with E-state index in [1.54, 1.807) is 0 Å². The molecule has 0 saturated carbocycles. The van der Waals surface area contributed by atoms with E-state index in [-0.39, 0.29) is 11.9 Å². The second-order valence-electron chi connectivity index (χ2n) is 3.37. The first-order valence-electron chi connectivity index (χ1n) is 4.43. The van der Waals surface area contributed by atoms with Crippen molar-refractivity contribution in [2.75, 3.05) is 6.54 Å². The molecule has 1 atom stereocenters. The smallest absolute Gasteiger partial charge is 0.271 e. The highest BCUT2D eigenvalue weighted by Crippen LogP contribution is 2.21. The molecule has 2 rings (SSSR count). The summed E-state index contributed by atoms with van der Waals surface area (Å²) in [6, 6.07) is -0.0347. The van der Waals surface area contributed by atoms with E-state index >= 15 is 0 Å². The monoisotopic (exact) mass is 167 g/mol. The lowest BCUT2D eigenvalue weighted by molar-refractivity contribution is -0.120. The van der Waals surface area contributed by atoms with Gasteiger partial charge in [-0.1, -0.05) is 12.8 Å². The molecule has 2 N–H and O–H groups in total. The molecule has 1 unspecified atom stereocenters. The van der Waals surface area contributed by atoms with Gasteiger partial charge in [-0.2, -0.15) is 4.99 Å². The molecule has 1 saturated heterocycles. The highest BCUT2D eigenvalue weighted by Gasteiger charge is 2.33. The number of carbonyl (C=O) groups excluding carboxylic acids is 1. The van der Waals surface area contributed by atoms with Crippen LogP contribution in [0.4, 0.5) is 0 Å². The SMILES string of the molecule is NC1=NC(=O)C2CCCCCN12. The number of nitrogens with zero attached hydrogens (tertiary/aromatic N) is 2. The second-order valence-corrected chi connectivity index (χ2v) is 3.37. The third kappa shape index (κ3) is 1.07. The Morgan fingerprint density at radius 1 is 1.42 bits per heavy atom. The number of carbonyl (C=O) groups is 1. The van der Waals surface area contributed by atoms with Gasteiger partial charge in [-0.25, -0.2) is 0 Å². The summed E-state index contributed by atoms with van der Waals surface area (Å²) < 4.78 is 0. The van der Waals surface area contributed by atoms with Gasteiger partial charge in [0.05, 0.1) is 0 Å². The average molecular weight is 167 g/mol. The summed E-state index contributed by atoms with van der Waals surface area (Å²) in [5.41, 5.74) is 5.60. The maximum atomic E-state index is 11.3. The zero-order valence-electron chi connectivity index (χ0n) is 6.99. The van der Waals surface area contributed by atoms with Gasteiger partial charge in [0, 0.05) is 6.54 Å². The van der Waals surface area contributed by atoms with Gasteiger partial charge in [0.25, 0.3) is 5.91 Å². The number of hydrogen-bond acceptors (Lipinski definition) is 3. The molecule has 2 aliphatic heterocycles. The van der Waals surface area contributed by atoms with E-state index in [2.05, 4.69) is 4.99 Å². The molecule has 12 heavy (non-hydrogen) atoms. The van der Waals surface area contributed by atoms with E-state index in [1.165, 1.54) is 6.42 Å². The third-order valence-electron chi connectivity index (χ3n) is 2.56. The zero-order chi connectivity index (χ0) is 8.55. The largest absolute Gasteiger partial charge is 0.369 e. The van der Waals surface area contributed by atoms with Gasteiger partial charge >= 0.3 is 0 Å². The number of guanidine groups is 1. The van der Waals surface area contributed by atoms with Gasteiger partial charge in [-0.15, -0.1) is 0 Å². The molecule has 0 aromatic heterocycles. The Kier molecular flexibility index (Phi) is 1.75. The van der Waals surface area contributed by atoms with Gasteiger partial charge in [0.2, 0.25) is 0 Å². The molecule has 66 valence electrons. The summed E-state index contributed by atoms with van der Waals surface area (Å²) in [6.45, 7) is 0.895. The highest BCUT2D eigenvalue weighted by molar-refractivity contribution is 6.02. The summed E-state index contributed by atoms with van der Waals surface area (Å²) in [6.07, 6.45) is 4.37. The van der Waals surface area contributed by atoms with Crippen LogP contribution in [0.2, 0.25) is 0 Å². The maximum Gasteiger partial charge on any atom is 0.271 e. The van der Waals surface area contributed by atoms with E-state index in [4.69, 9.17) is 5.73 Å². The number of nitrogens with two attached hydrogens (primary N) is 1. The molecular weight excluding hydrogens is 154 g/mol. The molecular formula is C8H13N3O. The first-order chi connectivity index (χ1) is 5.79. The van der Waals surface area contributed by atoms with E-state index in [0.717, 1.165) is 25.8 Å². The average Bonchev–Trinajstić information content (AvgIpc) is 2.29. The fourth-order valence-electron chi connectivity index (χ4n) is 1.89. The molecule has 2 heterocycles. The Hall–Kier alpha value is -1.06. The second kappa shape index (κ2) is 2.77. The lowest BCUT2D eigenvalue weighted by Crippen LogP contribution is -2.41. The van der Waals surface area contributed by atoms with Gasteiger partial charge in [-0.3, -0.25) is 4.79 Å². The van der Waals surface area contributed by atoms with Crippen molar-refractivity contribution < 1.29 is 4.79 Å². The molecule has 0 bridgehead atoms. The van der Waals surface area contributed by atoms with Gasteiger partial charge in [0.1, 0.15) is 6.04 Å². The summed E-state index contributed by atoms with van der Waals surface area (Å²) in [5.74, 6) is 0.376. The van der Waals surface area contributed by atoms with E-state index in [9.17, 15) is 4.79 Å². The molecule has 2 aliphatic rings. The molecule has 4 nitrogen and oxygen atoms in total. The summed E-state index contributed by atoms with van der Waals surface area (Å²) in [7, 11) is 0. The van der Waals surface area contributed by atoms with Gasteiger partial charge in [0.15, 0.2) is 5.96 Å². The molecule has 4 heteroatoms. The number of aliphatic imine (C=N–C) groups is 1. The lowest BCUT2D eigenvalue weighted by Gasteiger charge is -2.21. The van der Waals surface area contributed by atoms with Crippen LogP contribution in [0.3, 0.4) is 0 Å². The van der Waals surface area contributed by atoms with Crippen LogP contribution >= 0.6 is 0 Å². The van der Waals surface area contributed by atoms with Crippen LogP contribution < -0.4 is 5.73 Å². The van der Waals surface area contributed by atoms with Crippen LogP contribution in [-0.2, 0) is 4.79 Å². The van der Waals surface area contributed by atoms with Crippen molar-refractivity contribution in [3.8, 4) is 0 Å². The Bertz CT molecular complexity index is 236. The zero-order valence-corrected chi connectivity index (χ0v) is 6.99. The number of amides is 1. The first kappa shape index (κ1) is 7.58. The predicted molar refractivity (Wildman–Crippen MR) is 45.6 cm³/mol. The van der Waals surface area contributed by atoms with Crippen molar-refractivity contribution in [3.05, 3.63) is 0 Å². The van der Waals surface area contributed by atoms with Gasteiger partial charge in [-0.05, 0) is 12.8 Å². The van der Waals surface area contributed by atoms with Crippen molar-refractivity contribution in [2.24, 2.45) is 10.7 Å². The van der Waals surface area contributed by atoms with Crippen molar-refractivity contribution in [1.82, 2.24) is 4.90 Å². The molecule has 0 aromatic rings. The Balaban J connectivity index is 2.18. The van der Waals surface area contributed by atoms with Crippen molar-refractivity contribution in [2.45, 2.75) is 31.7 Å². The van der Waals surface area contributed by atoms with Crippen molar-refractivity contribution in [3.63, 3.8) is 0 Å². The van der Waals surface area contributed by atoms with Crippen LogP contribution in [0.1, 0.15) is 25.7 Å². The summed E-state index contributed by atoms with van der Waals surface area (Å²) in [5, 5.41) is 0. The maximum absolute atomic E-state index is 11.3. The fourth-order valence-corrected chi connectivity index (χ4v) is 1.89. The lowest BCUT2D eigenvalue weighted by atomic mass is 10.1. The number of hydrogen-bond donors (Lipinski definition) is 1. The Morgan fingerprint density at radius 3 is 3.08 bits per heavy atom. The highest BCUT2D eigenvalue weighted by atomic mass is 16.2. The minimum atomic E-state index is -0.0469. The quantitative estimate of drug-likeness (QED) is 0.556. The Morgan fingerprint density at radius 2 is 2.25 bits per heavy atom. The van der Waals surface area contributed by atoms with Crippen LogP contribution in [0, 0.1) is 0 Å². The molecule has 1 fully saturated rings. The van der Waals surface area contributed by atoms with Crippen molar-refractivity contribution in [1.29, 1.82) is 0 Å². The van der Waals surface area contributed by atoms with E-state index in [0.29, 0.717) is 5.96 Å². The first-order valence-corrected chi connectivity index (χ1v) is 4.43. The standard InChI is InChI=1S/C8H13N3O/c9-8-10-7(12)6-4-2-1-3-5-11(6)8/h6H,1-5H2,(H2,9,10,12).